The van der Waals surface area contributed by atoms with Crippen LogP contribution in [0.25, 0.3) is 0 Å². The minimum atomic E-state index is -1.60. The fourth-order valence-corrected chi connectivity index (χ4v) is 3.90. The van der Waals surface area contributed by atoms with Gasteiger partial charge in [-0.3, -0.25) is 24.5 Å². The van der Waals surface area contributed by atoms with Gasteiger partial charge in [-0.15, -0.1) is 0 Å². The summed E-state index contributed by atoms with van der Waals surface area (Å²) in [5.41, 5.74) is -1.21. The van der Waals surface area contributed by atoms with Crippen molar-refractivity contribution in [3.05, 3.63) is 33.4 Å². The highest BCUT2D eigenvalue weighted by Gasteiger charge is 2.40. The Bertz CT molecular complexity index is 1020. The first-order valence-corrected chi connectivity index (χ1v) is 11.1. The normalized spacial score (nSPS) is 18.0. The van der Waals surface area contributed by atoms with Crippen LogP contribution >= 0.6 is 0 Å². The molecule has 1 aliphatic rings. The minimum Gasteiger partial charge on any atom is -0.502 e. The maximum atomic E-state index is 13.1. The van der Waals surface area contributed by atoms with E-state index >= 15 is 0 Å². The molecule has 1 saturated heterocycles. The second-order valence-corrected chi connectivity index (χ2v) is 8.83. The first kappa shape index (κ1) is 27.5. The minimum absolute atomic E-state index is 0.165. The van der Waals surface area contributed by atoms with Crippen LogP contribution in [0.2, 0.25) is 0 Å². The molecular weight excluding hydrogens is 464 g/mol. The van der Waals surface area contributed by atoms with Gasteiger partial charge in [-0.1, -0.05) is 19.9 Å². The molecule has 1 aliphatic heterocycles. The van der Waals surface area contributed by atoms with Crippen LogP contribution in [0, 0.1) is 23.0 Å². The molecule has 1 aromatic rings. The number of hydrogen-bond donors (Lipinski definition) is 5. The summed E-state index contributed by atoms with van der Waals surface area (Å²) in [7, 11) is 0. The monoisotopic (exact) mass is 494 g/mol. The van der Waals surface area contributed by atoms with Crippen LogP contribution in [-0.2, 0) is 14.4 Å². The van der Waals surface area contributed by atoms with E-state index in [9.17, 15) is 44.6 Å². The van der Waals surface area contributed by atoms with E-state index in [2.05, 4.69) is 10.6 Å². The molecule has 2 rings (SSSR count). The lowest BCUT2D eigenvalue weighted by atomic mass is 10.0. The van der Waals surface area contributed by atoms with Gasteiger partial charge in [-0.05, 0) is 44.2 Å². The van der Waals surface area contributed by atoms with Crippen molar-refractivity contribution in [2.45, 2.75) is 64.8 Å². The zero-order valence-corrected chi connectivity index (χ0v) is 19.8. The van der Waals surface area contributed by atoms with Gasteiger partial charge in [0, 0.05) is 6.54 Å². The van der Waals surface area contributed by atoms with Crippen LogP contribution < -0.4 is 10.6 Å². The number of nitrogens with one attached hydrogen (secondary N) is 2. The Morgan fingerprint density at radius 2 is 1.77 bits per heavy atom. The van der Waals surface area contributed by atoms with E-state index in [0.29, 0.717) is 6.42 Å². The Morgan fingerprint density at radius 3 is 2.29 bits per heavy atom. The Labute approximate surface area is 201 Å². The number of aryl methyl sites for hydroxylation is 1. The van der Waals surface area contributed by atoms with E-state index in [0.717, 1.165) is 6.07 Å². The van der Waals surface area contributed by atoms with Crippen LogP contribution in [0.3, 0.4) is 0 Å². The number of nitro benzene ring substituents is 1. The number of nitro groups is 1. The van der Waals surface area contributed by atoms with Gasteiger partial charge in [-0.25, -0.2) is 4.79 Å². The quantitative estimate of drug-likeness (QED) is 0.237. The summed E-state index contributed by atoms with van der Waals surface area (Å²) in [6, 6.07) is -1.36. The predicted octanol–water partition coefficient (Wildman–Crippen LogP) is 0.304. The molecule has 192 valence electrons. The average molecular weight is 495 g/mol. The molecule has 1 fully saturated rings. The molecule has 0 radical (unpaired) electrons. The summed E-state index contributed by atoms with van der Waals surface area (Å²) >= 11 is 0. The molecule has 0 bridgehead atoms. The first-order valence-electron chi connectivity index (χ1n) is 11.1. The van der Waals surface area contributed by atoms with Crippen LogP contribution in [0.5, 0.6) is 5.75 Å². The molecule has 0 aliphatic carbocycles. The van der Waals surface area contributed by atoms with Crippen LogP contribution in [-0.4, -0.2) is 79.6 Å². The van der Waals surface area contributed by atoms with Gasteiger partial charge in [0.15, 0.2) is 5.75 Å². The van der Waals surface area contributed by atoms with E-state index < -0.39 is 75.8 Å². The fourth-order valence-electron chi connectivity index (χ4n) is 3.90. The maximum Gasteiger partial charge on any atom is 0.326 e. The van der Waals surface area contributed by atoms with E-state index in [1.807, 2.05) is 0 Å². The zero-order chi connectivity index (χ0) is 26.6. The summed E-state index contributed by atoms with van der Waals surface area (Å²) in [5.74, 6) is -4.95. The lowest BCUT2D eigenvalue weighted by Crippen LogP contribution is -2.59. The van der Waals surface area contributed by atoms with Crippen molar-refractivity contribution in [2.75, 3.05) is 6.54 Å². The number of amides is 3. The third-order valence-corrected chi connectivity index (χ3v) is 5.88. The van der Waals surface area contributed by atoms with E-state index in [4.69, 9.17) is 0 Å². The number of phenols is 1. The van der Waals surface area contributed by atoms with Gasteiger partial charge in [-0.2, -0.15) is 0 Å². The van der Waals surface area contributed by atoms with Crippen molar-refractivity contribution in [1.29, 1.82) is 0 Å². The summed E-state index contributed by atoms with van der Waals surface area (Å²) in [6.45, 7) is 6.12. The maximum absolute atomic E-state index is 13.1. The number of carbonyl (C=O) groups excluding carboxylic acids is 3. The number of rotatable bonds is 9. The predicted molar refractivity (Wildman–Crippen MR) is 122 cm³/mol. The van der Waals surface area contributed by atoms with Gasteiger partial charge in [0.1, 0.15) is 23.7 Å². The van der Waals surface area contributed by atoms with E-state index in [-0.39, 0.29) is 18.5 Å². The first-order chi connectivity index (χ1) is 16.3. The van der Waals surface area contributed by atoms with Crippen molar-refractivity contribution < 1.29 is 39.4 Å². The Hall–Kier alpha value is -3.74. The van der Waals surface area contributed by atoms with Gasteiger partial charge >= 0.3 is 11.7 Å². The third-order valence-electron chi connectivity index (χ3n) is 5.88. The summed E-state index contributed by atoms with van der Waals surface area (Å²) < 4.78 is 0. The highest BCUT2D eigenvalue weighted by atomic mass is 16.6. The smallest absolute Gasteiger partial charge is 0.326 e. The number of carboxylic acids is 1. The van der Waals surface area contributed by atoms with Crippen molar-refractivity contribution in [3.8, 4) is 5.75 Å². The Morgan fingerprint density at radius 1 is 1.14 bits per heavy atom. The number of aliphatic hydroxyl groups is 1. The molecule has 13 heteroatoms. The van der Waals surface area contributed by atoms with Crippen molar-refractivity contribution in [3.63, 3.8) is 0 Å². The topological polar surface area (TPSA) is 199 Å². The van der Waals surface area contributed by atoms with Crippen LogP contribution in [0.4, 0.5) is 5.69 Å². The molecule has 35 heavy (non-hydrogen) atoms. The van der Waals surface area contributed by atoms with Crippen molar-refractivity contribution in [1.82, 2.24) is 15.5 Å². The van der Waals surface area contributed by atoms with E-state index in [1.54, 1.807) is 13.8 Å². The third kappa shape index (κ3) is 6.04. The summed E-state index contributed by atoms with van der Waals surface area (Å²) in [6.07, 6.45) is -0.678. The number of aliphatic carboxylic acids is 1. The van der Waals surface area contributed by atoms with Crippen molar-refractivity contribution in [2.24, 2.45) is 5.92 Å². The highest BCUT2D eigenvalue weighted by molar-refractivity contribution is 6.02. The average Bonchev–Trinajstić information content (AvgIpc) is 3.26. The van der Waals surface area contributed by atoms with Gasteiger partial charge < -0.3 is 30.9 Å². The fraction of sp³-hybridized carbons (Fsp3) is 0.545. The number of nitrogens with zero attached hydrogens (tertiary/aromatic N) is 2. The number of aromatic hydroxyl groups is 1. The highest BCUT2D eigenvalue weighted by Crippen LogP contribution is 2.33. The molecule has 0 saturated carbocycles. The van der Waals surface area contributed by atoms with Gasteiger partial charge in [0.05, 0.1) is 11.0 Å². The molecule has 4 atom stereocenters. The number of aliphatic hydroxyl groups excluding tert-OH is 1. The molecule has 13 nitrogen and oxygen atoms in total. The van der Waals surface area contributed by atoms with Gasteiger partial charge in [0.25, 0.3) is 5.91 Å². The zero-order valence-electron chi connectivity index (χ0n) is 19.8. The summed E-state index contributed by atoms with van der Waals surface area (Å²) in [4.78, 5) is 61.9. The Balaban J connectivity index is 2.27. The molecule has 5 N–H and O–H groups in total. The molecule has 3 amide bonds. The second-order valence-electron chi connectivity index (χ2n) is 8.83. The second kappa shape index (κ2) is 11.1. The molecule has 4 unspecified atom stereocenters. The van der Waals surface area contributed by atoms with Crippen LogP contribution in [0.1, 0.15) is 49.5 Å². The number of likely N-dealkylation sites (tertiary alicyclic amines) is 1. The molecular formula is C22H30N4O9. The number of carbonyl (C=O) groups is 4. The molecule has 1 aromatic carbocycles. The largest absolute Gasteiger partial charge is 0.502 e. The molecule has 1 heterocycles. The van der Waals surface area contributed by atoms with Gasteiger partial charge in [0.2, 0.25) is 11.8 Å². The Kier molecular flexibility index (Phi) is 8.74. The summed E-state index contributed by atoms with van der Waals surface area (Å²) in [5, 5.41) is 45.6. The number of carboxylic acid groups (broad SMARTS) is 1. The SMILES string of the molecule is Cc1ccc(C(=O)NC(C(=O)NC(C(=O)N2CCCC2C(=O)O)C(C)C)C(C)O)c([N+](=O)[O-])c1O. The number of phenolic OH excluding ortho intramolecular Hbond substituents is 1. The molecule has 0 aromatic heterocycles. The molecule has 0 spiro atoms. The van der Waals surface area contributed by atoms with Crippen LogP contribution in [0.15, 0.2) is 12.1 Å². The lowest BCUT2D eigenvalue weighted by Gasteiger charge is -2.31. The van der Waals surface area contributed by atoms with E-state index in [1.165, 1.54) is 24.8 Å². The number of benzene rings is 1. The standard InChI is InChI=1S/C22H30N4O9/c1-10(2)15(21(31)25-9-5-6-14(25)22(32)33)23-20(30)16(12(4)27)24-19(29)13-8-7-11(3)18(28)17(13)26(34)35/h7-8,10,12,14-16,27-28H,5-6,9H2,1-4H3,(H,23,30)(H,24,29)(H,32,33). The number of hydrogen-bond acceptors (Lipinski definition) is 8. The van der Waals surface area contributed by atoms with Crippen molar-refractivity contribution >= 4 is 29.4 Å². The lowest BCUT2D eigenvalue weighted by molar-refractivity contribution is -0.386.